The lowest BCUT2D eigenvalue weighted by molar-refractivity contribution is -0.139. The van der Waals surface area contributed by atoms with Gasteiger partial charge in [0.1, 0.15) is 17.2 Å². The van der Waals surface area contributed by atoms with Gasteiger partial charge in [-0.25, -0.2) is 13.6 Å². The molecule has 1 aliphatic carbocycles. The molecule has 23 heavy (non-hydrogen) atoms. The summed E-state index contributed by atoms with van der Waals surface area (Å²) in [6.07, 6.45) is 0.794. The number of benzene rings is 1. The maximum absolute atomic E-state index is 14.3. The quantitative estimate of drug-likeness (QED) is 0.730. The number of aliphatic carboxylic acids is 1. The predicted molar refractivity (Wildman–Crippen MR) is 74.7 cm³/mol. The molecule has 1 saturated carbocycles. The molecule has 8 heteroatoms. The van der Waals surface area contributed by atoms with Crippen molar-refractivity contribution in [1.82, 2.24) is 5.32 Å². The molecule has 0 radical (unpaired) electrons. The number of carbonyl (C=O) groups is 3. The summed E-state index contributed by atoms with van der Waals surface area (Å²) in [6, 6.07) is 1.95. The van der Waals surface area contributed by atoms with E-state index >= 15 is 0 Å². The van der Waals surface area contributed by atoms with E-state index in [1.807, 2.05) is 0 Å². The molecule has 3 rings (SSSR count). The highest BCUT2D eigenvalue weighted by Crippen LogP contribution is 2.40. The number of amides is 2. The highest BCUT2D eigenvalue weighted by molar-refractivity contribution is 6.01. The third-order valence-corrected chi connectivity index (χ3v) is 4.21. The van der Waals surface area contributed by atoms with Gasteiger partial charge in [-0.15, -0.1) is 0 Å². The largest absolute Gasteiger partial charge is 0.480 e. The SMILES string of the molecule is O=C1CC[C@H](c2c(F)cc(NC3(C(=O)O)CC3)cc2F)C(=O)N1. The number of carboxylic acids is 1. The molecule has 1 atom stereocenters. The maximum atomic E-state index is 14.3. The number of carboxylic acid groups (broad SMARTS) is 1. The molecule has 1 saturated heterocycles. The molecule has 122 valence electrons. The minimum absolute atomic E-state index is 0.0101. The van der Waals surface area contributed by atoms with E-state index in [0.717, 1.165) is 12.1 Å². The van der Waals surface area contributed by atoms with Crippen LogP contribution in [0.1, 0.15) is 37.2 Å². The monoisotopic (exact) mass is 324 g/mol. The second kappa shape index (κ2) is 5.29. The molecule has 1 aromatic rings. The number of carbonyl (C=O) groups excluding carboxylic acids is 2. The fraction of sp³-hybridized carbons (Fsp3) is 0.400. The van der Waals surface area contributed by atoms with E-state index < -0.39 is 46.4 Å². The average Bonchev–Trinajstić information content (AvgIpc) is 3.21. The van der Waals surface area contributed by atoms with Crippen molar-refractivity contribution in [2.75, 3.05) is 5.32 Å². The highest BCUT2D eigenvalue weighted by Gasteiger charge is 2.50. The summed E-state index contributed by atoms with van der Waals surface area (Å²) in [4.78, 5) is 34.0. The predicted octanol–water partition coefficient (Wildman–Crippen LogP) is 1.51. The molecular formula is C15H14F2N2O4. The first-order valence-electron chi connectivity index (χ1n) is 7.16. The summed E-state index contributed by atoms with van der Waals surface area (Å²) in [6.45, 7) is 0. The van der Waals surface area contributed by atoms with E-state index in [-0.39, 0.29) is 18.5 Å². The van der Waals surface area contributed by atoms with Crippen LogP contribution in [-0.2, 0) is 14.4 Å². The van der Waals surface area contributed by atoms with Crippen molar-refractivity contribution >= 4 is 23.5 Å². The molecule has 0 spiro atoms. The molecule has 1 aliphatic heterocycles. The van der Waals surface area contributed by atoms with Crippen LogP contribution in [0.3, 0.4) is 0 Å². The third-order valence-electron chi connectivity index (χ3n) is 4.21. The molecule has 2 fully saturated rings. The van der Waals surface area contributed by atoms with Crippen molar-refractivity contribution in [3.8, 4) is 0 Å². The van der Waals surface area contributed by atoms with E-state index in [4.69, 9.17) is 5.11 Å². The second-order valence-corrected chi connectivity index (χ2v) is 5.87. The smallest absolute Gasteiger partial charge is 0.329 e. The van der Waals surface area contributed by atoms with Gasteiger partial charge in [-0.2, -0.15) is 0 Å². The van der Waals surface area contributed by atoms with E-state index in [1.54, 1.807) is 0 Å². The number of piperidine rings is 1. The van der Waals surface area contributed by atoms with Crippen LogP contribution in [0.15, 0.2) is 12.1 Å². The molecule has 6 nitrogen and oxygen atoms in total. The highest BCUT2D eigenvalue weighted by atomic mass is 19.1. The number of hydrogen-bond donors (Lipinski definition) is 3. The van der Waals surface area contributed by atoms with Gasteiger partial charge in [-0.3, -0.25) is 14.9 Å². The van der Waals surface area contributed by atoms with Crippen LogP contribution < -0.4 is 10.6 Å². The minimum atomic E-state index is -1.17. The molecule has 1 aromatic carbocycles. The van der Waals surface area contributed by atoms with E-state index in [0.29, 0.717) is 12.8 Å². The summed E-state index contributed by atoms with van der Waals surface area (Å²) < 4.78 is 28.5. The van der Waals surface area contributed by atoms with Crippen LogP contribution in [-0.4, -0.2) is 28.4 Å². The molecule has 1 heterocycles. The average molecular weight is 324 g/mol. The summed E-state index contributed by atoms with van der Waals surface area (Å²) in [7, 11) is 0. The van der Waals surface area contributed by atoms with Crippen LogP contribution in [0.25, 0.3) is 0 Å². The lowest BCUT2D eigenvalue weighted by atomic mass is 9.89. The first kappa shape index (κ1) is 15.4. The molecule has 0 unspecified atom stereocenters. The zero-order chi connectivity index (χ0) is 16.8. The Kier molecular flexibility index (Phi) is 3.54. The Balaban J connectivity index is 1.88. The van der Waals surface area contributed by atoms with Gasteiger partial charge in [0, 0.05) is 17.7 Å². The van der Waals surface area contributed by atoms with Gasteiger partial charge < -0.3 is 10.4 Å². The Labute approximate surface area is 129 Å². The van der Waals surface area contributed by atoms with Crippen molar-refractivity contribution in [1.29, 1.82) is 0 Å². The third kappa shape index (κ3) is 2.76. The number of nitrogens with one attached hydrogen (secondary N) is 2. The molecule has 2 aliphatic rings. The van der Waals surface area contributed by atoms with Crippen molar-refractivity contribution in [3.63, 3.8) is 0 Å². The Morgan fingerprint density at radius 1 is 1.26 bits per heavy atom. The summed E-state index contributed by atoms with van der Waals surface area (Å²) in [5, 5.41) is 13.8. The van der Waals surface area contributed by atoms with Crippen molar-refractivity contribution in [2.45, 2.75) is 37.1 Å². The Morgan fingerprint density at radius 2 is 1.87 bits per heavy atom. The lowest BCUT2D eigenvalue weighted by Gasteiger charge is -2.23. The Hall–Kier alpha value is -2.51. The van der Waals surface area contributed by atoms with Crippen LogP contribution in [0.2, 0.25) is 0 Å². The topological polar surface area (TPSA) is 95.5 Å². The molecular weight excluding hydrogens is 310 g/mol. The fourth-order valence-electron chi connectivity index (χ4n) is 2.75. The molecule has 2 amide bonds. The molecule has 0 bridgehead atoms. The van der Waals surface area contributed by atoms with Crippen LogP contribution in [0.5, 0.6) is 0 Å². The Bertz CT molecular complexity index is 692. The summed E-state index contributed by atoms with van der Waals surface area (Å²) in [5.41, 5.74) is -1.56. The zero-order valence-corrected chi connectivity index (χ0v) is 12.0. The van der Waals surface area contributed by atoms with Gasteiger partial charge in [0.25, 0.3) is 0 Å². The van der Waals surface area contributed by atoms with Crippen LogP contribution in [0.4, 0.5) is 14.5 Å². The Morgan fingerprint density at radius 3 is 2.35 bits per heavy atom. The zero-order valence-electron chi connectivity index (χ0n) is 12.0. The summed E-state index contributed by atoms with van der Waals surface area (Å²) in [5.74, 6) is -5.23. The standard InChI is InChI=1S/C15H14F2N2O4/c16-9-5-7(19-15(3-4-15)14(22)23)6-10(17)12(9)8-1-2-11(20)18-13(8)21/h5-6,8,19H,1-4H2,(H,22,23)(H,18,20,21)/t8-/m1/s1. The number of halogens is 2. The van der Waals surface area contributed by atoms with Gasteiger partial charge in [0.05, 0.1) is 5.92 Å². The van der Waals surface area contributed by atoms with Crippen molar-refractivity contribution < 1.29 is 28.3 Å². The van der Waals surface area contributed by atoms with E-state index in [2.05, 4.69) is 10.6 Å². The normalized spacial score (nSPS) is 22.4. The van der Waals surface area contributed by atoms with Gasteiger partial charge >= 0.3 is 5.97 Å². The number of rotatable bonds is 4. The van der Waals surface area contributed by atoms with Crippen LogP contribution >= 0.6 is 0 Å². The van der Waals surface area contributed by atoms with Gasteiger partial charge in [-0.05, 0) is 31.4 Å². The summed E-state index contributed by atoms with van der Waals surface area (Å²) >= 11 is 0. The second-order valence-electron chi connectivity index (χ2n) is 5.87. The maximum Gasteiger partial charge on any atom is 0.329 e. The van der Waals surface area contributed by atoms with Gasteiger partial charge in [0.15, 0.2) is 0 Å². The van der Waals surface area contributed by atoms with Gasteiger partial charge in [-0.1, -0.05) is 0 Å². The number of anilines is 1. The van der Waals surface area contributed by atoms with Crippen molar-refractivity contribution in [2.24, 2.45) is 0 Å². The fourth-order valence-corrected chi connectivity index (χ4v) is 2.75. The van der Waals surface area contributed by atoms with Crippen LogP contribution in [0, 0.1) is 11.6 Å². The number of hydrogen-bond acceptors (Lipinski definition) is 4. The first-order valence-corrected chi connectivity index (χ1v) is 7.16. The van der Waals surface area contributed by atoms with Gasteiger partial charge in [0.2, 0.25) is 11.8 Å². The van der Waals surface area contributed by atoms with Crippen molar-refractivity contribution in [3.05, 3.63) is 29.3 Å². The van der Waals surface area contributed by atoms with E-state index in [9.17, 15) is 23.2 Å². The number of imide groups is 1. The van der Waals surface area contributed by atoms with E-state index in [1.165, 1.54) is 0 Å². The first-order chi connectivity index (χ1) is 10.8. The molecule has 0 aromatic heterocycles. The molecule has 3 N–H and O–H groups in total. The lowest BCUT2D eigenvalue weighted by Crippen LogP contribution is -2.40. The minimum Gasteiger partial charge on any atom is -0.480 e.